The lowest BCUT2D eigenvalue weighted by atomic mass is 10.2. The number of carbonyl (C=O) groups excluding carboxylic acids is 1. The Morgan fingerprint density at radius 2 is 2.10 bits per heavy atom. The summed E-state index contributed by atoms with van der Waals surface area (Å²) in [4.78, 5) is 15.3. The zero-order chi connectivity index (χ0) is 14.9. The number of pyridine rings is 1. The van der Waals surface area contributed by atoms with E-state index in [1.807, 2.05) is 0 Å². The zero-order valence-corrected chi connectivity index (χ0v) is 10.2. The van der Waals surface area contributed by atoms with Crippen LogP contribution < -0.4 is 5.73 Å². The molecule has 0 unspecified atom stereocenters. The van der Waals surface area contributed by atoms with Gasteiger partial charge in [-0.3, -0.25) is 0 Å². The van der Waals surface area contributed by atoms with Crippen molar-refractivity contribution in [2.75, 3.05) is 12.8 Å². The van der Waals surface area contributed by atoms with Crippen molar-refractivity contribution < 1.29 is 22.7 Å². The number of aromatic nitrogens is 3. The summed E-state index contributed by atoms with van der Waals surface area (Å²) < 4.78 is 42.8. The molecule has 2 heterocycles. The van der Waals surface area contributed by atoms with Crippen molar-refractivity contribution in [1.29, 1.82) is 0 Å². The topological polar surface area (TPSA) is 83.0 Å². The first-order chi connectivity index (χ1) is 9.32. The van der Waals surface area contributed by atoms with Crippen LogP contribution in [0.15, 0.2) is 24.7 Å². The molecular formula is C11H9F3N4O2. The lowest BCUT2D eigenvalue weighted by Gasteiger charge is -2.06. The van der Waals surface area contributed by atoms with Gasteiger partial charge in [0.1, 0.15) is 0 Å². The van der Waals surface area contributed by atoms with E-state index in [0.717, 1.165) is 24.2 Å². The second-order valence-corrected chi connectivity index (χ2v) is 3.79. The summed E-state index contributed by atoms with van der Waals surface area (Å²) in [5.41, 5.74) is 4.69. The van der Waals surface area contributed by atoms with Crippen LogP contribution >= 0.6 is 0 Å². The Labute approximate surface area is 111 Å². The summed E-state index contributed by atoms with van der Waals surface area (Å²) in [6.07, 6.45) is -1.93. The van der Waals surface area contributed by atoms with Crippen LogP contribution in [0.5, 0.6) is 0 Å². The van der Waals surface area contributed by atoms with E-state index >= 15 is 0 Å². The number of esters is 1. The van der Waals surface area contributed by atoms with Gasteiger partial charge in [-0.05, 0) is 6.07 Å². The Morgan fingerprint density at radius 1 is 1.40 bits per heavy atom. The molecule has 0 aromatic carbocycles. The largest absolute Gasteiger partial charge is 0.465 e. The summed E-state index contributed by atoms with van der Waals surface area (Å²) >= 11 is 0. The summed E-state index contributed by atoms with van der Waals surface area (Å²) in [5.74, 6) is -0.690. The molecule has 0 radical (unpaired) electrons. The van der Waals surface area contributed by atoms with Gasteiger partial charge in [0, 0.05) is 6.20 Å². The fourth-order valence-corrected chi connectivity index (χ4v) is 1.46. The molecule has 2 aromatic heterocycles. The number of halogens is 3. The number of methoxy groups -OCH3 is 1. The summed E-state index contributed by atoms with van der Waals surface area (Å²) in [5, 5.41) is 3.55. The number of ether oxygens (including phenoxy) is 1. The number of nitrogens with zero attached hydrogens (tertiary/aromatic N) is 3. The normalized spacial score (nSPS) is 11.4. The highest BCUT2D eigenvalue weighted by Gasteiger charge is 2.32. The van der Waals surface area contributed by atoms with Gasteiger partial charge in [0.25, 0.3) is 0 Å². The molecule has 0 atom stereocenters. The molecule has 0 bridgehead atoms. The Bertz CT molecular complexity index is 651. The third-order valence-electron chi connectivity index (χ3n) is 2.47. The lowest BCUT2D eigenvalue weighted by molar-refractivity contribution is -0.137. The maximum atomic E-state index is 12.5. The average Bonchev–Trinajstić information content (AvgIpc) is 2.88. The molecule has 0 saturated carbocycles. The Hall–Kier alpha value is -2.58. The Balaban J connectivity index is 2.43. The van der Waals surface area contributed by atoms with E-state index in [-0.39, 0.29) is 17.1 Å². The third kappa shape index (κ3) is 2.56. The molecular weight excluding hydrogens is 277 g/mol. The van der Waals surface area contributed by atoms with Gasteiger partial charge < -0.3 is 10.5 Å². The van der Waals surface area contributed by atoms with Gasteiger partial charge in [-0.25, -0.2) is 14.5 Å². The first kappa shape index (κ1) is 13.8. The Morgan fingerprint density at radius 3 is 2.65 bits per heavy atom. The van der Waals surface area contributed by atoms with E-state index in [4.69, 9.17) is 5.73 Å². The van der Waals surface area contributed by atoms with Gasteiger partial charge in [-0.1, -0.05) is 0 Å². The second kappa shape index (κ2) is 4.83. The standard InChI is InChI=1S/C11H9F3N4O2/c1-20-10(19)7-2-9(16-4-8(7)15)18-5-6(3-17-18)11(12,13)14/h2-5H,15H2,1H3. The summed E-state index contributed by atoms with van der Waals surface area (Å²) in [7, 11) is 1.16. The first-order valence-electron chi connectivity index (χ1n) is 5.29. The van der Waals surface area contributed by atoms with Gasteiger partial charge in [-0.2, -0.15) is 18.3 Å². The molecule has 106 valence electrons. The maximum Gasteiger partial charge on any atom is 0.419 e. The number of rotatable bonds is 2. The fraction of sp³-hybridized carbons (Fsp3) is 0.182. The van der Waals surface area contributed by atoms with Crippen molar-refractivity contribution >= 4 is 11.7 Å². The van der Waals surface area contributed by atoms with E-state index in [9.17, 15) is 18.0 Å². The van der Waals surface area contributed by atoms with Crippen LogP contribution in [-0.4, -0.2) is 27.8 Å². The molecule has 0 spiro atoms. The molecule has 6 nitrogen and oxygen atoms in total. The second-order valence-electron chi connectivity index (χ2n) is 3.79. The van der Waals surface area contributed by atoms with Crippen molar-refractivity contribution in [1.82, 2.24) is 14.8 Å². The zero-order valence-electron chi connectivity index (χ0n) is 10.2. The molecule has 0 saturated heterocycles. The first-order valence-corrected chi connectivity index (χ1v) is 5.29. The van der Waals surface area contributed by atoms with Crippen LogP contribution in [0, 0.1) is 0 Å². The highest BCUT2D eigenvalue weighted by Crippen LogP contribution is 2.29. The minimum absolute atomic E-state index is 0.00144. The van der Waals surface area contributed by atoms with Crippen LogP contribution in [0.25, 0.3) is 5.82 Å². The SMILES string of the molecule is COC(=O)c1cc(-n2cc(C(F)(F)F)cn2)ncc1N. The lowest BCUT2D eigenvalue weighted by Crippen LogP contribution is -2.09. The predicted octanol–water partition coefficient (Wildman–Crippen LogP) is 1.65. The minimum Gasteiger partial charge on any atom is -0.465 e. The van der Waals surface area contributed by atoms with Crippen molar-refractivity contribution in [3.8, 4) is 5.82 Å². The van der Waals surface area contributed by atoms with E-state index in [1.54, 1.807) is 0 Å². The number of nitrogens with two attached hydrogens (primary N) is 1. The number of carbonyl (C=O) groups is 1. The van der Waals surface area contributed by atoms with Crippen molar-refractivity contribution in [3.63, 3.8) is 0 Å². The number of alkyl halides is 3. The molecule has 0 fully saturated rings. The van der Waals surface area contributed by atoms with Crippen molar-refractivity contribution in [2.45, 2.75) is 6.18 Å². The quantitative estimate of drug-likeness (QED) is 0.849. The molecule has 0 aliphatic heterocycles. The van der Waals surface area contributed by atoms with Gasteiger partial charge in [0.05, 0.1) is 36.3 Å². The monoisotopic (exact) mass is 286 g/mol. The van der Waals surface area contributed by atoms with Crippen LogP contribution in [0.1, 0.15) is 15.9 Å². The molecule has 0 aliphatic carbocycles. The summed E-state index contributed by atoms with van der Waals surface area (Å²) in [6.45, 7) is 0. The number of anilines is 1. The Kier molecular flexibility index (Phi) is 3.35. The molecule has 2 N–H and O–H groups in total. The average molecular weight is 286 g/mol. The number of hydrogen-bond acceptors (Lipinski definition) is 5. The highest BCUT2D eigenvalue weighted by molar-refractivity contribution is 5.95. The van der Waals surface area contributed by atoms with E-state index in [0.29, 0.717) is 6.20 Å². The molecule has 2 aromatic rings. The van der Waals surface area contributed by atoms with Crippen LogP contribution in [0.4, 0.5) is 18.9 Å². The number of hydrogen-bond donors (Lipinski definition) is 1. The van der Waals surface area contributed by atoms with Gasteiger partial charge in [0.2, 0.25) is 0 Å². The number of nitrogen functional groups attached to an aromatic ring is 1. The van der Waals surface area contributed by atoms with Crippen molar-refractivity contribution in [3.05, 3.63) is 35.8 Å². The van der Waals surface area contributed by atoms with Gasteiger partial charge in [0.15, 0.2) is 5.82 Å². The van der Waals surface area contributed by atoms with E-state index in [1.165, 1.54) is 6.07 Å². The fourth-order valence-electron chi connectivity index (χ4n) is 1.46. The minimum atomic E-state index is -4.50. The molecule has 2 rings (SSSR count). The van der Waals surface area contributed by atoms with E-state index < -0.39 is 17.7 Å². The molecule has 0 amide bonds. The predicted molar refractivity (Wildman–Crippen MR) is 62.1 cm³/mol. The van der Waals surface area contributed by atoms with Crippen LogP contribution in [0.3, 0.4) is 0 Å². The van der Waals surface area contributed by atoms with Gasteiger partial charge in [-0.15, -0.1) is 0 Å². The van der Waals surface area contributed by atoms with Crippen molar-refractivity contribution in [2.24, 2.45) is 0 Å². The van der Waals surface area contributed by atoms with Crippen LogP contribution in [-0.2, 0) is 10.9 Å². The maximum absolute atomic E-state index is 12.5. The summed E-state index contributed by atoms with van der Waals surface area (Å²) in [6, 6.07) is 1.20. The van der Waals surface area contributed by atoms with Crippen LogP contribution in [0.2, 0.25) is 0 Å². The highest BCUT2D eigenvalue weighted by atomic mass is 19.4. The molecule has 0 aliphatic rings. The van der Waals surface area contributed by atoms with E-state index in [2.05, 4.69) is 14.8 Å². The smallest absolute Gasteiger partial charge is 0.419 e. The third-order valence-corrected chi connectivity index (χ3v) is 2.47. The van der Waals surface area contributed by atoms with Gasteiger partial charge >= 0.3 is 12.1 Å². The molecule has 20 heavy (non-hydrogen) atoms. The molecule has 9 heteroatoms.